The molecule has 0 amide bonds. The zero-order chi connectivity index (χ0) is 9.84. The molecule has 0 fully saturated rings. The second-order valence-electron chi connectivity index (χ2n) is 2.91. The van der Waals surface area contributed by atoms with Crippen molar-refractivity contribution in [3.63, 3.8) is 0 Å². The summed E-state index contributed by atoms with van der Waals surface area (Å²) in [4.78, 5) is 10.5. The number of aromatic hydroxyl groups is 2. The summed E-state index contributed by atoms with van der Waals surface area (Å²) in [6.45, 7) is 1.96. The van der Waals surface area contributed by atoms with Crippen LogP contribution >= 0.6 is 0 Å². The van der Waals surface area contributed by atoms with E-state index in [1.807, 2.05) is 6.92 Å². The van der Waals surface area contributed by atoms with Crippen molar-refractivity contribution in [2.24, 2.45) is 0 Å². The molecule has 3 nitrogen and oxygen atoms in total. The summed E-state index contributed by atoms with van der Waals surface area (Å²) in [5.74, 6) is -0.00185. The van der Waals surface area contributed by atoms with Crippen LogP contribution in [-0.2, 0) is 6.42 Å². The number of carbonyl (C=O) groups excluding carboxylic acids is 1. The fourth-order valence-electron chi connectivity index (χ4n) is 1.25. The molecule has 0 bridgehead atoms. The van der Waals surface area contributed by atoms with Gasteiger partial charge in [-0.1, -0.05) is 13.3 Å². The minimum atomic E-state index is -0.0188. The highest BCUT2D eigenvalue weighted by Gasteiger charge is 2.07. The number of phenols is 2. The van der Waals surface area contributed by atoms with E-state index in [2.05, 4.69) is 0 Å². The van der Waals surface area contributed by atoms with Crippen LogP contribution < -0.4 is 0 Å². The van der Waals surface area contributed by atoms with Crippen LogP contribution in [0.1, 0.15) is 29.3 Å². The molecule has 0 heterocycles. The summed E-state index contributed by atoms with van der Waals surface area (Å²) in [5, 5.41) is 18.7. The van der Waals surface area contributed by atoms with Gasteiger partial charge in [-0.15, -0.1) is 0 Å². The monoisotopic (exact) mass is 180 g/mol. The zero-order valence-electron chi connectivity index (χ0n) is 7.45. The predicted molar refractivity (Wildman–Crippen MR) is 49.2 cm³/mol. The van der Waals surface area contributed by atoms with E-state index in [1.165, 1.54) is 12.1 Å². The zero-order valence-corrected chi connectivity index (χ0v) is 7.45. The van der Waals surface area contributed by atoms with E-state index in [0.29, 0.717) is 18.3 Å². The van der Waals surface area contributed by atoms with E-state index in [-0.39, 0.29) is 17.1 Å². The van der Waals surface area contributed by atoms with Crippen molar-refractivity contribution < 1.29 is 15.0 Å². The summed E-state index contributed by atoms with van der Waals surface area (Å²) in [5.41, 5.74) is 0.757. The minimum absolute atomic E-state index is 0.0170. The lowest BCUT2D eigenvalue weighted by atomic mass is 10.0. The van der Waals surface area contributed by atoms with Crippen molar-refractivity contribution in [3.05, 3.63) is 23.3 Å². The third-order valence-corrected chi connectivity index (χ3v) is 1.85. The topological polar surface area (TPSA) is 57.5 Å². The van der Waals surface area contributed by atoms with Gasteiger partial charge in [0.1, 0.15) is 11.5 Å². The van der Waals surface area contributed by atoms with Gasteiger partial charge in [-0.25, -0.2) is 0 Å². The van der Waals surface area contributed by atoms with Gasteiger partial charge < -0.3 is 10.2 Å². The number of aryl methyl sites for hydroxylation is 1. The Labute approximate surface area is 76.6 Å². The number of hydrogen-bond donors (Lipinski definition) is 2. The smallest absolute Gasteiger partial charge is 0.153 e. The lowest BCUT2D eigenvalue weighted by Gasteiger charge is -2.05. The average Bonchev–Trinajstić information content (AvgIpc) is 2.11. The van der Waals surface area contributed by atoms with Gasteiger partial charge in [-0.3, -0.25) is 4.79 Å². The van der Waals surface area contributed by atoms with Gasteiger partial charge in [0.05, 0.1) is 5.56 Å². The molecule has 0 unspecified atom stereocenters. The number of benzene rings is 1. The summed E-state index contributed by atoms with van der Waals surface area (Å²) in [6.07, 6.45) is 2.05. The van der Waals surface area contributed by atoms with Crippen LogP contribution in [0.4, 0.5) is 0 Å². The second kappa shape index (κ2) is 3.94. The van der Waals surface area contributed by atoms with Crippen molar-refractivity contribution in [2.75, 3.05) is 0 Å². The van der Waals surface area contributed by atoms with Gasteiger partial charge in [0.2, 0.25) is 0 Å². The Morgan fingerprint density at radius 1 is 1.38 bits per heavy atom. The Bertz CT molecular complexity index is 318. The minimum Gasteiger partial charge on any atom is -0.508 e. The summed E-state index contributed by atoms with van der Waals surface area (Å²) < 4.78 is 0. The van der Waals surface area contributed by atoms with E-state index in [0.717, 1.165) is 6.42 Å². The van der Waals surface area contributed by atoms with Crippen molar-refractivity contribution in [1.82, 2.24) is 0 Å². The molecular formula is C10H12O3. The molecule has 13 heavy (non-hydrogen) atoms. The SMILES string of the molecule is CCCc1cc(O)cc(C=O)c1O. The Hall–Kier alpha value is -1.51. The van der Waals surface area contributed by atoms with Crippen molar-refractivity contribution >= 4 is 6.29 Å². The number of phenolic OH excluding ortho intramolecular Hbond substituents is 2. The van der Waals surface area contributed by atoms with Crippen LogP contribution in [-0.4, -0.2) is 16.5 Å². The quantitative estimate of drug-likeness (QED) is 0.551. The number of rotatable bonds is 3. The highest BCUT2D eigenvalue weighted by molar-refractivity contribution is 5.80. The average molecular weight is 180 g/mol. The third-order valence-electron chi connectivity index (χ3n) is 1.85. The largest absolute Gasteiger partial charge is 0.508 e. The molecule has 1 aromatic carbocycles. The van der Waals surface area contributed by atoms with E-state index in [9.17, 15) is 15.0 Å². The van der Waals surface area contributed by atoms with Crippen LogP contribution in [0.5, 0.6) is 11.5 Å². The van der Waals surface area contributed by atoms with E-state index >= 15 is 0 Å². The standard InChI is InChI=1S/C10H12O3/c1-2-3-7-4-9(12)5-8(6-11)10(7)13/h4-6,12-13H,2-3H2,1H3. The number of carbonyl (C=O) groups is 1. The molecular weight excluding hydrogens is 168 g/mol. The maximum Gasteiger partial charge on any atom is 0.153 e. The first-order chi connectivity index (χ1) is 6.19. The summed E-state index contributed by atoms with van der Waals surface area (Å²) >= 11 is 0. The molecule has 0 aliphatic heterocycles. The Balaban J connectivity index is 3.18. The Kier molecular flexibility index (Phi) is 2.90. The van der Waals surface area contributed by atoms with E-state index < -0.39 is 0 Å². The molecule has 1 rings (SSSR count). The Morgan fingerprint density at radius 3 is 2.62 bits per heavy atom. The van der Waals surface area contributed by atoms with Crippen LogP contribution in [0.15, 0.2) is 12.1 Å². The molecule has 0 spiro atoms. The van der Waals surface area contributed by atoms with Gasteiger partial charge in [0.25, 0.3) is 0 Å². The summed E-state index contributed by atoms with van der Waals surface area (Å²) in [6, 6.07) is 2.73. The van der Waals surface area contributed by atoms with Crippen LogP contribution in [0, 0.1) is 0 Å². The van der Waals surface area contributed by atoms with Gasteiger partial charge in [-0.05, 0) is 24.1 Å². The maximum absolute atomic E-state index is 10.5. The summed E-state index contributed by atoms with van der Waals surface area (Å²) in [7, 11) is 0. The molecule has 0 aromatic heterocycles. The molecule has 0 atom stereocenters. The van der Waals surface area contributed by atoms with Crippen molar-refractivity contribution in [1.29, 1.82) is 0 Å². The van der Waals surface area contributed by atoms with Crippen LogP contribution in [0.25, 0.3) is 0 Å². The molecule has 0 aliphatic rings. The predicted octanol–water partition coefficient (Wildman–Crippen LogP) is 1.86. The first-order valence-corrected chi connectivity index (χ1v) is 4.19. The van der Waals surface area contributed by atoms with Gasteiger partial charge in [0, 0.05) is 0 Å². The van der Waals surface area contributed by atoms with Crippen molar-refractivity contribution in [2.45, 2.75) is 19.8 Å². The van der Waals surface area contributed by atoms with Crippen LogP contribution in [0.2, 0.25) is 0 Å². The van der Waals surface area contributed by atoms with Crippen molar-refractivity contribution in [3.8, 4) is 11.5 Å². The molecule has 3 heteroatoms. The lowest BCUT2D eigenvalue weighted by Crippen LogP contribution is -1.89. The fraction of sp³-hybridized carbons (Fsp3) is 0.300. The Morgan fingerprint density at radius 2 is 2.08 bits per heavy atom. The molecule has 0 radical (unpaired) electrons. The normalized spacial score (nSPS) is 9.92. The highest BCUT2D eigenvalue weighted by Crippen LogP contribution is 2.27. The molecule has 1 aromatic rings. The molecule has 0 saturated heterocycles. The van der Waals surface area contributed by atoms with Gasteiger partial charge >= 0.3 is 0 Å². The molecule has 0 aliphatic carbocycles. The number of aldehydes is 1. The maximum atomic E-state index is 10.5. The van der Waals surface area contributed by atoms with Gasteiger partial charge in [-0.2, -0.15) is 0 Å². The first kappa shape index (κ1) is 9.58. The molecule has 2 N–H and O–H groups in total. The number of hydrogen-bond acceptors (Lipinski definition) is 3. The third kappa shape index (κ3) is 1.99. The fourth-order valence-corrected chi connectivity index (χ4v) is 1.25. The second-order valence-corrected chi connectivity index (χ2v) is 2.91. The van der Waals surface area contributed by atoms with Gasteiger partial charge in [0.15, 0.2) is 6.29 Å². The first-order valence-electron chi connectivity index (χ1n) is 4.19. The van der Waals surface area contributed by atoms with Crippen LogP contribution in [0.3, 0.4) is 0 Å². The molecule has 0 saturated carbocycles. The highest BCUT2D eigenvalue weighted by atomic mass is 16.3. The lowest BCUT2D eigenvalue weighted by molar-refractivity contribution is 0.112. The molecule has 70 valence electrons. The van der Waals surface area contributed by atoms with E-state index in [1.54, 1.807) is 0 Å². The van der Waals surface area contributed by atoms with E-state index in [4.69, 9.17) is 0 Å².